The highest BCUT2D eigenvalue weighted by molar-refractivity contribution is 8.76. The van der Waals surface area contributed by atoms with Crippen molar-refractivity contribution in [3.8, 4) is 5.75 Å². The lowest BCUT2D eigenvalue weighted by Crippen LogP contribution is -2.26. The molecule has 126 valence electrons. The van der Waals surface area contributed by atoms with Crippen LogP contribution in [0.3, 0.4) is 0 Å². The van der Waals surface area contributed by atoms with Gasteiger partial charge in [-0.2, -0.15) is 0 Å². The topological polar surface area (TPSA) is 81.7 Å². The van der Waals surface area contributed by atoms with Gasteiger partial charge in [-0.15, -0.1) is 0 Å². The molecular weight excluding hydrogens is 338 g/mol. The number of esters is 2. The highest BCUT2D eigenvalue weighted by Gasteiger charge is 2.12. The lowest BCUT2D eigenvalue weighted by molar-refractivity contribution is -0.140. The summed E-state index contributed by atoms with van der Waals surface area (Å²) in [6.45, 7) is 3.53. The van der Waals surface area contributed by atoms with Crippen LogP contribution in [0.4, 0.5) is 0 Å². The van der Waals surface area contributed by atoms with Crippen LogP contribution in [-0.4, -0.2) is 42.5 Å². The van der Waals surface area contributed by atoms with Crippen LogP contribution in [0, 0.1) is 0 Å². The molecule has 0 radical (unpaired) electrons. The Balaban J connectivity index is 2.27. The number of rotatable bonds is 9. The van der Waals surface area contributed by atoms with Crippen molar-refractivity contribution in [2.45, 2.75) is 13.8 Å². The van der Waals surface area contributed by atoms with Gasteiger partial charge < -0.3 is 14.8 Å². The Morgan fingerprint density at radius 1 is 1.04 bits per heavy atom. The van der Waals surface area contributed by atoms with Gasteiger partial charge in [-0.25, -0.2) is 0 Å². The monoisotopic (exact) mass is 357 g/mol. The van der Waals surface area contributed by atoms with Crippen LogP contribution in [0.2, 0.25) is 0 Å². The number of carbonyl (C=O) groups is 3. The maximum atomic E-state index is 12.1. The number of ether oxygens (including phenoxy) is 2. The number of benzene rings is 1. The summed E-state index contributed by atoms with van der Waals surface area (Å²) in [7, 11) is 3.16. The maximum Gasteiger partial charge on any atom is 0.308 e. The highest BCUT2D eigenvalue weighted by Crippen LogP contribution is 2.20. The number of hydrogen-bond donors (Lipinski definition) is 1. The molecule has 0 aliphatic carbocycles. The van der Waals surface area contributed by atoms with Gasteiger partial charge in [0.15, 0.2) is 0 Å². The molecule has 1 N–H and O–H groups in total. The molecule has 1 aromatic carbocycles. The minimum Gasteiger partial charge on any atom is -0.465 e. The first-order valence-electron chi connectivity index (χ1n) is 6.94. The van der Waals surface area contributed by atoms with Crippen LogP contribution in [0.15, 0.2) is 24.3 Å². The molecule has 0 saturated carbocycles. The summed E-state index contributed by atoms with van der Waals surface area (Å²) in [5, 5.41) is 2.77. The van der Waals surface area contributed by atoms with Gasteiger partial charge in [0, 0.05) is 31.9 Å². The molecule has 0 saturated heterocycles. The van der Waals surface area contributed by atoms with E-state index in [2.05, 4.69) is 5.32 Å². The molecule has 0 aromatic heterocycles. The van der Waals surface area contributed by atoms with Crippen molar-refractivity contribution in [2.75, 3.05) is 24.7 Å². The van der Waals surface area contributed by atoms with Crippen molar-refractivity contribution in [3.05, 3.63) is 29.8 Å². The van der Waals surface area contributed by atoms with E-state index in [4.69, 9.17) is 9.47 Å². The quantitative estimate of drug-likeness (QED) is 0.314. The second-order valence-corrected chi connectivity index (χ2v) is 7.03. The van der Waals surface area contributed by atoms with Gasteiger partial charge in [0.25, 0.3) is 5.91 Å². The zero-order valence-electron chi connectivity index (χ0n) is 13.0. The molecule has 1 aromatic rings. The molecule has 0 unspecified atom stereocenters. The maximum absolute atomic E-state index is 12.1. The van der Waals surface area contributed by atoms with E-state index in [1.165, 1.54) is 13.8 Å². The molecule has 1 rings (SSSR count). The predicted molar refractivity (Wildman–Crippen MR) is 91.6 cm³/mol. The Kier molecular flexibility index (Phi) is 9.23. The van der Waals surface area contributed by atoms with Gasteiger partial charge >= 0.3 is 11.9 Å². The normalized spacial score (nSPS) is 10.0. The van der Waals surface area contributed by atoms with Gasteiger partial charge in [-0.05, 0) is 12.1 Å². The van der Waals surface area contributed by atoms with E-state index in [0.29, 0.717) is 30.2 Å². The fourth-order valence-corrected chi connectivity index (χ4v) is 3.27. The first-order valence-corrected chi connectivity index (χ1v) is 9.43. The zero-order valence-corrected chi connectivity index (χ0v) is 14.6. The second kappa shape index (κ2) is 11.0. The first kappa shape index (κ1) is 19.4. The molecule has 1 amide bonds. The van der Waals surface area contributed by atoms with Crippen molar-refractivity contribution < 1.29 is 23.9 Å². The number of nitrogens with one attached hydrogen (secondary N) is 1. The Hall–Kier alpha value is -1.67. The Labute approximate surface area is 143 Å². The second-order valence-electron chi connectivity index (χ2n) is 4.33. The molecule has 8 heteroatoms. The minimum absolute atomic E-state index is 0.251. The Morgan fingerprint density at radius 3 is 2.43 bits per heavy atom. The SMILES string of the molecule is CC(=O)OCCSSCCNC(=O)c1ccccc1OC(C)=O. The summed E-state index contributed by atoms with van der Waals surface area (Å²) in [5.41, 5.74) is 0.329. The summed E-state index contributed by atoms with van der Waals surface area (Å²) in [6, 6.07) is 6.59. The van der Waals surface area contributed by atoms with E-state index in [-0.39, 0.29) is 17.6 Å². The molecule has 0 aliphatic heterocycles. The van der Waals surface area contributed by atoms with Gasteiger partial charge in [0.2, 0.25) is 0 Å². The highest BCUT2D eigenvalue weighted by atomic mass is 33.1. The van der Waals surface area contributed by atoms with Crippen molar-refractivity contribution >= 4 is 39.4 Å². The lowest BCUT2D eigenvalue weighted by Gasteiger charge is -2.09. The Morgan fingerprint density at radius 2 is 1.74 bits per heavy atom. The molecule has 0 spiro atoms. The van der Waals surface area contributed by atoms with E-state index >= 15 is 0 Å². The van der Waals surface area contributed by atoms with Crippen molar-refractivity contribution in [2.24, 2.45) is 0 Å². The molecular formula is C15H19NO5S2. The lowest BCUT2D eigenvalue weighted by atomic mass is 10.2. The van der Waals surface area contributed by atoms with Crippen molar-refractivity contribution in [3.63, 3.8) is 0 Å². The molecule has 6 nitrogen and oxygen atoms in total. The fourth-order valence-electron chi connectivity index (χ4n) is 1.54. The van der Waals surface area contributed by atoms with Crippen LogP contribution >= 0.6 is 21.6 Å². The summed E-state index contributed by atoms with van der Waals surface area (Å²) in [6.07, 6.45) is 0. The third-order valence-electron chi connectivity index (χ3n) is 2.41. The third kappa shape index (κ3) is 8.51. The largest absolute Gasteiger partial charge is 0.465 e. The number of para-hydroxylation sites is 1. The molecule has 0 fully saturated rings. The zero-order chi connectivity index (χ0) is 17.1. The average Bonchev–Trinajstić information content (AvgIpc) is 2.49. The van der Waals surface area contributed by atoms with E-state index in [1.54, 1.807) is 45.9 Å². The van der Waals surface area contributed by atoms with Crippen LogP contribution in [0.25, 0.3) is 0 Å². The molecule has 0 aliphatic rings. The average molecular weight is 357 g/mol. The first-order chi connectivity index (χ1) is 11.0. The van der Waals surface area contributed by atoms with Gasteiger partial charge in [-0.1, -0.05) is 33.7 Å². The number of carbonyl (C=O) groups excluding carboxylic acids is 3. The standard InChI is InChI=1S/C15H19NO5S2/c1-11(17)20-8-10-23-22-9-7-16-15(19)13-5-3-4-6-14(13)21-12(2)18/h3-6H,7-10H2,1-2H3,(H,16,19). The molecule has 0 heterocycles. The van der Waals surface area contributed by atoms with Crippen LogP contribution in [0.5, 0.6) is 5.75 Å². The predicted octanol–water partition coefficient (Wildman–Crippen LogP) is 2.29. The number of amides is 1. The summed E-state index contributed by atoms with van der Waals surface area (Å²) >= 11 is 0. The summed E-state index contributed by atoms with van der Waals surface area (Å²) in [5.74, 6) is 0.632. The van der Waals surface area contributed by atoms with Crippen LogP contribution in [-0.2, 0) is 14.3 Å². The van der Waals surface area contributed by atoms with Crippen LogP contribution < -0.4 is 10.1 Å². The third-order valence-corrected chi connectivity index (χ3v) is 4.78. The minimum atomic E-state index is -0.468. The summed E-state index contributed by atoms with van der Waals surface area (Å²) < 4.78 is 9.81. The van der Waals surface area contributed by atoms with E-state index in [1.807, 2.05) is 0 Å². The molecule has 0 atom stereocenters. The fraction of sp³-hybridized carbons (Fsp3) is 0.400. The van der Waals surface area contributed by atoms with Crippen molar-refractivity contribution in [1.29, 1.82) is 0 Å². The van der Waals surface area contributed by atoms with E-state index < -0.39 is 5.97 Å². The van der Waals surface area contributed by atoms with Gasteiger partial charge in [-0.3, -0.25) is 14.4 Å². The van der Waals surface area contributed by atoms with Gasteiger partial charge in [0.1, 0.15) is 12.4 Å². The summed E-state index contributed by atoms with van der Waals surface area (Å²) in [4.78, 5) is 33.7. The Bertz CT molecular complexity index is 550. The van der Waals surface area contributed by atoms with Crippen molar-refractivity contribution in [1.82, 2.24) is 5.32 Å². The van der Waals surface area contributed by atoms with E-state index in [9.17, 15) is 14.4 Å². The molecule has 0 bridgehead atoms. The van der Waals surface area contributed by atoms with Gasteiger partial charge in [0.05, 0.1) is 5.56 Å². The molecule has 23 heavy (non-hydrogen) atoms. The van der Waals surface area contributed by atoms with E-state index in [0.717, 1.165) is 0 Å². The number of hydrogen-bond acceptors (Lipinski definition) is 7. The van der Waals surface area contributed by atoms with Crippen LogP contribution in [0.1, 0.15) is 24.2 Å². The smallest absolute Gasteiger partial charge is 0.308 e.